The minimum absolute atomic E-state index is 0.290. The highest BCUT2D eigenvalue weighted by molar-refractivity contribution is 7.15. The van der Waals surface area contributed by atoms with Gasteiger partial charge in [-0.25, -0.2) is 9.88 Å². The van der Waals surface area contributed by atoms with E-state index in [1.807, 2.05) is 37.3 Å². The van der Waals surface area contributed by atoms with E-state index >= 15 is 0 Å². The molecule has 3 heterocycles. The molecule has 3 aromatic heterocycles. The number of carbonyl (C=O) groups excluding carboxylic acids is 2. The molecule has 31 heavy (non-hydrogen) atoms. The van der Waals surface area contributed by atoms with Crippen LogP contribution in [0.2, 0.25) is 0 Å². The van der Waals surface area contributed by atoms with Crippen molar-refractivity contribution in [3.05, 3.63) is 58.1 Å². The molecule has 1 unspecified atom stereocenters. The van der Waals surface area contributed by atoms with Gasteiger partial charge in [0.2, 0.25) is 0 Å². The number of aromatic nitrogens is 1. The van der Waals surface area contributed by atoms with Crippen molar-refractivity contribution in [2.75, 3.05) is 18.6 Å². The third-order valence-corrected chi connectivity index (χ3v) is 6.54. The Morgan fingerprint density at radius 2 is 2.00 bits per heavy atom. The van der Waals surface area contributed by atoms with Gasteiger partial charge in [-0.1, -0.05) is 31.2 Å². The summed E-state index contributed by atoms with van der Waals surface area (Å²) in [6, 6.07) is 12.4. The van der Waals surface area contributed by atoms with Crippen molar-refractivity contribution in [1.82, 2.24) is 10.0 Å². The number of hydroxylamine groups is 2. The van der Waals surface area contributed by atoms with E-state index in [-0.39, 0.29) is 5.13 Å². The van der Waals surface area contributed by atoms with Crippen molar-refractivity contribution in [2.45, 2.75) is 19.9 Å². The molecule has 7 nitrogen and oxygen atoms in total. The van der Waals surface area contributed by atoms with E-state index in [0.29, 0.717) is 22.9 Å². The van der Waals surface area contributed by atoms with Gasteiger partial charge in [-0.05, 0) is 30.5 Å². The van der Waals surface area contributed by atoms with E-state index in [1.165, 1.54) is 34.8 Å². The van der Waals surface area contributed by atoms with Gasteiger partial charge < -0.3 is 9.25 Å². The Morgan fingerprint density at radius 1 is 1.19 bits per heavy atom. The van der Waals surface area contributed by atoms with Crippen LogP contribution in [0.4, 0.5) is 5.13 Å². The first-order valence-electron chi connectivity index (χ1n) is 9.70. The lowest BCUT2D eigenvalue weighted by Gasteiger charge is -2.28. The zero-order valence-electron chi connectivity index (χ0n) is 17.3. The number of nitrogens with zero attached hydrogens (tertiary/aromatic N) is 3. The predicted octanol–water partition coefficient (Wildman–Crippen LogP) is 5.06. The van der Waals surface area contributed by atoms with Crippen molar-refractivity contribution in [1.29, 1.82) is 0 Å². The molecule has 1 aromatic carbocycles. The van der Waals surface area contributed by atoms with Crippen LogP contribution in [0.3, 0.4) is 0 Å². The maximum Gasteiger partial charge on any atom is 0.277 e. The summed E-state index contributed by atoms with van der Waals surface area (Å²) in [5.74, 6) is -0.239. The number of imide groups is 1. The largest absolute Gasteiger partial charge is 0.454 e. The lowest BCUT2D eigenvalue weighted by atomic mass is 10.2. The van der Waals surface area contributed by atoms with Crippen LogP contribution in [0, 0.1) is 0 Å². The lowest BCUT2D eigenvalue weighted by molar-refractivity contribution is -0.165. The molecular formula is C22H21N3O4S2. The van der Waals surface area contributed by atoms with Gasteiger partial charge in [0.05, 0.1) is 12.0 Å². The summed E-state index contributed by atoms with van der Waals surface area (Å²) in [5.41, 5.74) is 1.32. The number of furan rings is 1. The monoisotopic (exact) mass is 455 g/mol. The van der Waals surface area contributed by atoms with Gasteiger partial charge in [0, 0.05) is 17.3 Å². The molecule has 0 saturated heterocycles. The second kappa shape index (κ2) is 9.11. The van der Waals surface area contributed by atoms with Crippen molar-refractivity contribution >= 4 is 50.6 Å². The fourth-order valence-corrected chi connectivity index (χ4v) is 4.72. The average Bonchev–Trinajstić information content (AvgIpc) is 3.54. The number of thiazole rings is 1. The zero-order valence-corrected chi connectivity index (χ0v) is 18.9. The normalized spacial score (nSPS) is 12.4. The van der Waals surface area contributed by atoms with Crippen LogP contribution in [0.1, 0.15) is 23.5 Å². The fourth-order valence-electron chi connectivity index (χ4n) is 3.25. The van der Waals surface area contributed by atoms with Gasteiger partial charge in [0.25, 0.3) is 11.8 Å². The summed E-state index contributed by atoms with van der Waals surface area (Å²) < 4.78 is 5.89. The summed E-state index contributed by atoms with van der Waals surface area (Å²) in [5, 5.41) is 6.35. The molecule has 0 aliphatic heterocycles. The van der Waals surface area contributed by atoms with Crippen LogP contribution < -0.4 is 4.90 Å². The Hall–Kier alpha value is -2.85. The minimum atomic E-state index is -0.669. The fraction of sp³-hybridized carbons (Fsp3) is 0.227. The maximum absolute atomic E-state index is 13.4. The van der Waals surface area contributed by atoms with Crippen LogP contribution in [-0.4, -0.2) is 41.6 Å². The average molecular weight is 456 g/mol. The number of hydrogen-bond acceptors (Lipinski definition) is 8. The molecule has 2 amide bonds. The number of hydrogen-bond donors (Lipinski definition) is 0. The van der Waals surface area contributed by atoms with Crippen molar-refractivity contribution in [3.8, 4) is 11.5 Å². The highest BCUT2D eigenvalue weighted by Gasteiger charge is 2.34. The number of fused-ring (bicyclic) bond motifs is 1. The molecule has 0 spiro atoms. The molecule has 0 N–H and O–H groups in total. The molecule has 4 rings (SSSR count). The van der Waals surface area contributed by atoms with Crippen molar-refractivity contribution in [3.63, 3.8) is 0 Å². The first kappa shape index (κ1) is 21.4. The van der Waals surface area contributed by atoms with Crippen LogP contribution in [0.15, 0.2) is 57.6 Å². The van der Waals surface area contributed by atoms with Crippen molar-refractivity contribution in [2.24, 2.45) is 0 Å². The standard InChI is InChI=1S/C22H21N3O4S2/c1-4-24(28-3)14(2)20(26)25(21(27)19-10-7-11-30-19)22-23-16(13-31-22)18-12-15-8-5-6-9-17(15)29-18/h5-14H,4H2,1-3H3. The highest BCUT2D eigenvalue weighted by Crippen LogP contribution is 2.33. The van der Waals surface area contributed by atoms with E-state index < -0.39 is 17.9 Å². The summed E-state index contributed by atoms with van der Waals surface area (Å²) in [7, 11) is 1.50. The third-order valence-electron chi connectivity index (χ3n) is 4.85. The molecule has 0 bridgehead atoms. The van der Waals surface area contributed by atoms with E-state index in [1.54, 1.807) is 29.8 Å². The minimum Gasteiger partial charge on any atom is -0.454 e. The Morgan fingerprint density at radius 3 is 2.68 bits per heavy atom. The van der Waals surface area contributed by atoms with Crippen LogP contribution >= 0.6 is 22.7 Å². The molecule has 0 aliphatic rings. The van der Waals surface area contributed by atoms with Crippen molar-refractivity contribution < 1.29 is 18.8 Å². The number of para-hydroxylation sites is 1. The van der Waals surface area contributed by atoms with E-state index in [4.69, 9.17) is 9.25 Å². The van der Waals surface area contributed by atoms with E-state index in [0.717, 1.165) is 15.9 Å². The van der Waals surface area contributed by atoms with Gasteiger partial charge in [-0.3, -0.25) is 9.59 Å². The second-order valence-electron chi connectivity index (χ2n) is 6.71. The summed E-state index contributed by atoms with van der Waals surface area (Å²) in [6.45, 7) is 4.08. The molecule has 0 aliphatic carbocycles. The summed E-state index contributed by atoms with van der Waals surface area (Å²) in [6.07, 6.45) is 0. The molecule has 160 valence electrons. The predicted molar refractivity (Wildman–Crippen MR) is 122 cm³/mol. The third kappa shape index (κ3) is 4.17. The molecule has 4 aromatic rings. The van der Waals surface area contributed by atoms with Gasteiger partial charge in [0.15, 0.2) is 10.9 Å². The molecule has 0 saturated carbocycles. The van der Waals surface area contributed by atoms with E-state index in [9.17, 15) is 9.59 Å². The van der Waals surface area contributed by atoms with Gasteiger partial charge in [-0.15, -0.1) is 22.7 Å². The Bertz CT molecular complexity index is 1160. The number of benzene rings is 1. The smallest absolute Gasteiger partial charge is 0.277 e. The summed E-state index contributed by atoms with van der Waals surface area (Å²) in [4.78, 5) is 38.1. The molecule has 1 atom stereocenters. The molecular weight excluding hydrogens is 434 g/mol. The highest BCUT2D eigenvalue weighted by atomic mass is 32.1. The molecule has 0 radical (unpaired) electrons. The number of likely N-dealkylation sites (N-methyl/N-ethyl adjacent to an activating group) is 1. The Balaban J connectivity index is 1.71. The maximum atomic E-state index is 13.4. The number of amides is 2. The van der Waals surface area contributed by atoms with Gasteiger partial charge in [-0.2, -0.15) is 5.06 Å². The topological polar surface area (TPSA) is 75.9 Å². The van der Waals surface area contributed by atoms with Crippen LogP contribution in [-0.2, 0) is 9.63 Å². The number of rotatable bonds is 7. The van der Waals surface area contributed by atoms with Crippen LogP contribution in [0.25, 0.3) is 22.4 Å². The number of carbonyl (C=O) groups is 2. The quantitative estimate of drug-likeness (QED) is 0.363. The first-order chi connectivity index (χ1) is 15.0. The van der Waals surface area contributed by atoms with Crippen LogP contribution in [0.5, 0.6) is 0 Å². The lowest BCUT2D eigenvalue weighted by Crippen LogP contribution is -2.49. The second-order valence-corrected chi connectivity index (χ2v) is 8.50. The number of anilines is 1. The number of thiophene rings is 1. The Labute approximate surface area is 187 Å². The van der Waals surface area contributed by atoms with Gasteiger partial charge in [0.1, 0.15) is 17.3 Å². The Kier molecular flexibility index (Phi) is 6.28. The molecule has 0 fully saturated rings. The first-order valence-corrected chi connectivity index (χ1v) is 11.5. The van der Waals surface area contributed by atoms with Gasteiger partial charge >= 0.3 is 0 Å². The molecule has 9 heteroatoms. The summed E-state index contributed by atoms with van der Waals surface area (Å²) >= 11 is 2.50. The SMILES string of the molecule is CCN(OC)C(C)C(=O)N(C(=O)c1cccs1)c1nc(-c2cc3ccccc3o2)cs1. The zero-order chi connectivity index (χ0) is 22.0. The van der Waals surface area contributed by atoms with E-state index in [2.05, 4.69) is 4.98 Å².